The van der Waals surface area contributed by atoms with Crippen molar-refractivity contribution in [3.05, 3.63) is 77.6 Å². The van der Waals surface area contributed by atoms with Crippen molar-refractivity contribution >= 4 is 16.8 Å². The van der Waals surface area contributed by atoms with Gasteiger partial charge in [0.05, 0.1) is 0 Å². The lowest BCUT2D eigenvalue weighted by Crippen LogP contribution is -1.99. The van der Waals surface area contributed by atoms with Crippen LogP contribution in [0.2, 0.25) is 0 Å². The Morgan fingerprint density at radius 2 is 1.69 bits per heavy atom. The topological polar surface area (TPSA) is 61.3 Å². The molecular weight excluding hydrogens is 359 g/mol. The average Bonchev–Trinajstić information content (AvgIpc) is 2.61. The van der Waals surface area contributed by atoms with Gasteiger partial charge in [0.15, 0.2) is 0 Å². The number of carbonyl (C=O) groups is 1. The lowest BCUT2D eigenvalue weighted by atomic mass is 10.2. The molecule has 2 aromatic carbocycles. The molecule has 0 amide bonds. The molecule has 0 N–H and O–H groups in total. The van der Waals surface area contributed by atoms with E-state index in [0.717, 1.165) is 5.56 Å². The van der Waals surface area contributed by atoms with Crippen molar-refractivity contribution in [3.8, 4) is 17.2 Å². The van der Waals surface area contributed by atoms with Gasteiger partial charge in [-0.2, -0.15) is 0 Å². The Morgan fingerprint density at radius 1 is 1.04 bits per heavy atom. The van der Waals surface area contributed by atoms with Crippen LogP contribution in [0.1, 0.15) is 21.7 Å². The maximum absolute atomic E-state index is 13.8. The molecule has 26 heavy (non-hydrogen) atoms. The summed E-state index contributed by atoms with van der Waals surface area (Å²) < 4.78 is 25.0. The molecule has 0 aliphatic carbocycles. The van der Waals surface area contributed by atoms with Crippen molar-refractivity contribution in [3.63, 3.8) is 0 Å². The molecular formula is C19H14ClFN2O3. The highest BCUT2D eigenvalue weighted by Gasteiger charge is 2.07. The molecule has 3 aromatic rings. The van der Waals surface area contributed by atoms with Gasteiger partial charge in [-0.15, -0.1) is 0 Å². The van der Waals surface area contributed by atoms with Crippen LogP contribution < -0.4 is 9.47 Å². The van der Waals surface area contributed by atoms with Crippen LogP contribution in [-0.2, 0) is 6.61 Å². The molecule has 1 aromatic heterocycles. The van der Waals surface area contributed by atoms with Gasteiger partial charge in [-0.1, -0.05) is 0 Å². The minimum atomic E-state index is -0.557. The van der Waals surface area contributed by atoms with Crippen LogP contribution in [0.25, 0.3) is 0 Å². The third kappa shape index (κ3) is 4.77. The van der Waals surface area contributed by atoms with Gasteiger partial charge in [-0.3, -0.25) is 4.79 Å². The van der Waals surface area contributed by atoms with E-state index in [-0.39, 0.29) is 12.4 Å². The molecule has 0 bridgehead atoms. The number of hydrogen-bond acceptors (Lipinski definition) is 5. The summed E-state index contributed by atoms with van der Waals surface area (Å²) in [7, 11) is 0. The molecule has 0 saturated carbocycles. The van der Waals surface area contributed by atoms with Crippen molar-refractivity contribution in [2.45, 2.75) is 13.5 Å². The molecule has 0 radical (unpaired) electrons. The molecule has 0 spiro atoms. The average molecular weight is 373 g/mol. The fraction of sp³-hybridized carbons (Fsp3) is 0.105. The number of nitrogens with zero attached hydrogens (tertiary/aromatic N) is 2. The molecule has 7 heteroatoms. The van der Waals surface area contributed by atoms with Gasteiger partial charge >= 0.3 is 0 Å². The van der Waals surface area contributed by atoms with Crippen molar-refractivity contribution in [2.75, 3.05) is 0 Å². The van der Waals surface area contributed by atoms with Crippen molar-refractivity contribution in [1.82, 2.24) is 9.97 Å². The second-order valence-corrected chi connectivity index (χ2v) is 5.79. The fourth-order valence-corrected chi connectivity index (χ4v) is 2.26. The van der Waals surface area contributed by atoms with Crippen LogP contribution in [-0.4, -0.2) is 15.2 Å². The summed E-state index contributed by atoms with van der Waals surface area (Å²) in [5.41, 5.74) is 1.12. The van der Waals surface area contributed by atoms with Crippen LogP contribution in [0.5, 0.6) is 17.2 Å². The predicted molar refractivity (Wildman–Crippen MR) is 94.2 cm³/mol. The summed E-state index contributed by atoms with van der Waals surface area (Å²) in [5.74, 6) is 1.19. The molecule has 0 atom stereocenters. The Bertz CT molecular complexity index is 915. The van der Waals surface area contributed by atoms with Crippen molar-refractivity contribution < 1.29 is 18.7 Å². The number of rotatable bonds is 6. The number of benzene rings is 2. The number of aromatic nitrogens is 2. The Balaban J connectivity index is 1.70. The first kappa shape index (κ1) is 17.8. The molecule has 3 rings (SSSR count). The molecule has 132 valence electrons. The van der Waals surface area contributed by atoms with Crippen LogP contribution in [0.15, 0.2) is 54.9 Å². The first-order valence-electron chi connectivity index (χ1n) is 7.68. The Kier molecular flexibility index (Phi) is 5.43. The SMILES string of the molecule is Cc1ncc(COc2cc(F)cc(Oc3ccc(C(=O)Cl)cc3)c2)cn1. The minimum Gasteiger partial charge on any atom is -0.489 e. The monoisotopic (exact) mass is 372 g/mol. The molecule has 0 saturated heterocycles. The Hall–Kier alpha value is -2.99. The van der Waals surface area contributed by atoms with Gasteiger partial charge in [-0.05, 0) is 42.8 Å². The second-order valence-electron chi connectivity index (χ2n) is 5.45. The van der Waals surface area contributed by atoms with Gasteiger partial charge in [0.2, 0.25) is 0 Å². The quantitative estimate of drug-likeness (QED) is 0.588. The fourth-order valence-electron chi connectivity index (χ4n) is 2.13. The highest BCUT2D eigenvalue weighted by Crippen LogP contribution is 2.27. The Labute approximate surface area is 154 Å². The van der Waals surface area contributed by atoms with Crippen LogP contribution in [0.3, 0.4) is 0 Å². The molecule has 5 nitrogen and oxygen atoms in total. The molecule has 0 unspecified atom stereocenters. The van der Waals surface area contributed by atoms with E-state index in [9.17, 15) is 9.18 Å². The molecule has 0 fully saturated rings. The number of carbonyl (C=O) groups excluding carboxylic acids is 1. The summed E-state index contributed by atoms with van der Waals surface area (Å²) in [4.78, 5) is 19.2. The summed E-state index contributed by atoms with van der Waals surface area (Å²) in [6, 6.07) is 10.3. The number of aryl methyl sites for hydroxylation is 1. The standard InChI is InChI=1S/C19H14ClFN2O3/c1-12-22-9-13(10-23-12)11-25-17-6-15(21)7-18(8-17)26-16-4-2-14(3-5-16)19(20)24/h2-10H,11H2,1H3. The van der Waals surface area contributed by atoms with Crippen molar-refractivity contribution in [1.29, 1.82) is 0 Å². The smallest absolute Gasteiger partial charge is 0.252 e. The van der Waals surface area contributed by atoms with Crippen LogP contribution >= 0.6 is 11.6 Å². The van der Waals surface area contributed by atoms with E-state index in [1.807, 2.05) is 0 Å². The third-order valence-corrected chi connectivity index (χ3v) is 3.62. The lowest BCUT2D eigenvalue weighted by Gasteiger charge is -2.10. The van der Waals surface area contributed by atoms with Gasteiger partial charge < -0.3 is 9.47 Å². The zero-order valence-electron chi connectivity index (χ0n) is 13.8. The van der Waals surface area contributed by atoms with Gasteiger partial charge in [-0.25, -0.2) is 14.4 Å². The van der Waals surface area contributed by atoms with E-state index in [1.165, 1.54) is 24.3 Å². The molecule has 0 aliphatic rings. The molecule has 1 heterocycles. The highest BCUT2D eigenvalue weighted by atomic mass is 35.5. The number of halogens is 2. The summed E-state index contributed by atoms with van der Waals surface area (Å²) in [5, 5.41) is -0.557. The Morgan fingerprint density at radius 3 is 2.35 bits per heavy atom. The molecule has 0 aliphatic heterocycles. The van der Waals surface area contributed by atoms with Gasteiger partial charge in [0, 0.05) is 41.7 Å². The first-order chi connectivity index (χ1) is 12.5. The van der Waals surface area contributed by atoms with E-state index in [1.54, 1.807) is 37.5 Å². The van der Waals surface area contributed by atoms with E-state index < -0.39 is 11.1 Å². The van der Waals surface area contributed by atoms with E-state index in [0.29, 0.717) is 22.9 Å². The van der Waals surface area contributed by atoms with E-state index >= 15 is 0 Å². The summed E-state index contributed by atoms with van der Waals surface area (Å²) in [6.07, 6.45) is 3.30. The number of ether oxygens (including phenoxy) is 2. The van der Waals surface area contributed by atoms with Crippen LogP contribution in [0, 0.1) is 12.7 Å². The number of hydrogen-bond donors (Lipinski definition) is 0. The van der Waals surface area contributed by atoms with Gasteiger partial charge in [0.1, 0.15) is 35.5 Å². The predicted octanol–water partition coefficient (Wildman–Crippen LogP) is 4.67. The lowest BCUT2D eigenvalue weighted by molar-refractivity contribution is 0.108. The minimum absolute atomic E-state index is 0.204. The van der Waals surface area contributed by atoms with E-state index in [2.05, 4.69) is 9.97 Å². The highest BCUT2D eigenvalue weighted by molar-refractivity contribution is 6.67. The van der Waals surface area contributed by atoms with E-state index in [4.69, 9.17) is 21.1 Å². The zero-order chi connectivity index (χ0) is 18.5. The zero-order valence-corrected chi connectivity index (χ0v) is 14.5. The summed E-state index contributed by atoms with van der Waals surface area (Å²) in [6.45, 7) is 1.99. The third-order valence-electron chi connectivity index (χ3n) is 3.40. The maximum atomic E-state index is 13.8. The van der Waals surface area contributed by atoms with Crippen LogP contribution in [0.4, 0.5) is 4.39 Å². The van der Waals surface area contributed by atoms with Crippen molar-refractivity contribution in [2.24, 2.45) is 0 Å². The van der Waals surface area contributed by atoms with Gasteiger partial charge in [0.25, 0.3) is 5.24 Å². The normalized spacial score (nSPS) is 10.4. The second kappa shape index (κ2) is 7.93. The first-order valence-corrected chi connectivity index (χ1v) is 8.06. The largest absolute Gasteiger partial charge is 0.489 e. The summed E-state index contributed by atoms with van der Waals surface area (Å²) >= 11 is 5.40. The maximum Gasteiger partial charge on any atom is 0.252 e.